The van der Waals surface area contributed by atoms with E-state index in [0.717, 1.165) is 49.4 Å². The van der Waals surface area contributed by atoms with Gasteiger partial charge in [0, 0.05) is 30.6 Å². The Balaban J connectivity index is 1.70. The Morgan fingerprint density at radius 3 is 3.21 bits per heavy atom. The molecule has 100 valence electrons. The second-order valence-corrected chi connectivity index (χ2v) is 5.83. The van der Waals surface area contributed by atoms with Gasteiger partial charge in [-0.1, -0.05) is 0 Å². The third-order valence-electron chi connectivity index (χ3n) is 3.68. The molecule has 2 aromatic heterocycles. The Morgan fingerprint density at radius 1 is 1.42 bits per heavy atom. The highest BCUT2D eigenvalue weighted by atomic mass is 32.1. The highest BCUT2D eigenvalue weighted by Gasteiger charge is 2.29. The zero-order valence-corrected chi connectivity index (χ0v) is 11.3. The monoisotopic (exact) mass is 277 g/mol. The van der Waals surface area contributed by atoms with E-state index in [0.29, 0.717) is 5.92 Å². The van der Waals surface area contributed by atoms with Crippen molar-refractivity contribution < 1.29 is 4.74 Å². The second kappa shape index (κ2) is 4.57. The summed E-state index contributed by atoms with van der Waals surface area (Å²) in [5, 5.41) is 11.2. The molecule has 2 unspecified atom stereocenters. The molecule has 2 aliphatic rings. The van der Waals surface area contributed by atoms with Crippen molar-refractivity contribution in [3.8, 4) is 0 Å². The molecular weight excluding hydrogens is 262 g/mol. The molecule has 1 saturated heterocycles. The Hall–Kier alpha value is -1.47. The van der Waals surface area contributed by atoms with Gasteiger partial charge in [0.25, 0.3) is 0 Å². The molecule has 0 radical (unpaired) electrons. The quantitative estimate of drug-likeness (QED) is 0.904. The minimum Gasteiger partial charge on any atom is -0.381 e. The van der Waals surface area contributed by atoms with Gasteiger partial charge in [-0.3, -0.25) is 0 Å². The number of aromatic nitrogens is 4. The minimum atomic E-state index is 0.222. The van der Waals surface area contributed by atoms with Crippen molar-refractivity contribution in [2.45, 2.75) is 24.8 Å². The maximum atomic E-state index is 5.42. The van der Waals surface area contributed by atoms with Crippen LogP contribution in [0.4, 0.5) is 5.95 Å². The molecule has 0 saturated carbocycles. The summed E-state index contributed by atoms with van der Waals surface area (Å²) < 4.78 is 7.42. The number of ether oxygens (including phenoxy) is 1. The van der Waals surface area contributed by atoms with Crippen molar-refractivity contribution in [3.63, 3.8) is 0 Å². The maximum Gasteiger partial charge on any atom is 0.222 e. The molecule has 2 aromatic rings. The first-order chi connectivity index (χ1) is 9.42. The first-order valence-corrected chi connectivity index (χ1v) is 7.47. The molecule has 4 heterocycles. The predicted molar refractivity (Wildman–Crippen MR) is 71.6 cm³/mol. The van der Waals surface area contributed by atoms with Gasteiger partial charge in [0.1, 0.15) is 11.0 Å². The van der Waals surface area contributed by atoms with Gasteiger partial charge in [0.15, 0.2) is 5.82 Å². The van der Waals surface area contributed by atoms with Gasteiger partial charge >= 0.3 is 0 Å². The SMILES string of the molecule is c1csc(C2CCNc3nc(C4CCOC4)nn32)n1. The molecule has 0 spiro atoms. The number of rotatable bonds is 2. The number of hydrogen-bond acceptors (Lipinski definition) is 6. The summed E-state index contributed by atoms with van der Waals surface area (Å²) in [4.78, 5) is 9.05. The third-order valence-corrected chi connectivity index (χ3v) is 4.55. The lowest BCUT2D eigenvalue weighted by molar-refractivity contribution is 0.193. The zero-order valence-electron chi connectivity index (χ0n) is 10.5. The third kappa shape index (κ3) is 1.93. The van der Waals surface area contributed by atoms with Crippen LogP contribution in [0.1, 0.15) is 35.6 Å². The fourth-order valence-corrected chi connectivity index (χ4v) is 3.42. The van der Waals surface area contributed by atoms with Crippen molar-refractivity contribution in [3.05, 3.63) is 22.4 Å². The van der Waals surface area contributed by atoms with E-state index in [1.807, 2.05) is 16.3 Å². The molecule has 7 heteroatoms. The van der Waals surface area contributed by atoms with E-state index in [-0.39, 0.29) is 6.04 Å². The Labute approximate surface area is 114 Å². The normalized spacial score (nSPS) is 26.1. The summed E-state index contributed by atoms with van der Waals surface area (Å²) >= 11 is 1.68. The topological polar surface area (TPSA) is 64.9 Å². The fourth-order valence-electron chi connectivity index (χ4n) is 2.66. The first-order valence-electron chi connectivity index (χ1n) is 6.59. The van der Waals surface area contributed by atoms with E-state index in [2.05, 4.69) is 15.3 Å². The van der Waals surface area contributed by atoms with E-state index in [4.69, 9.17) is 9.84 Å². The standard InChI is InChI=1S/C12H15N5OS/c1-3-14-12-15-10(8-2-5-18-7-8)16-17(12)9(1)11-13-4-6-19-11/h4,6,8-9H,1-3,5,7H2,(H,14,15,16). The number of thiazole rings is 1. The summed E-state index contributed by atoms with van der Waals surface area (Å²) in [7, 11) is 0. The molecule has 0 amide bonds. The van der Waals surface area contributed by atoms with E-state index >= 15 is 0 Å². The molecule has 2 aliphatic heterocycles. The number of anilines is 1. The average molecular weight is 277 g/mol. The van der Waals surface area contributed by atoms with Gasteiger partial charge in [-0.05, 0) is 12.8 Å². The van der Waals surface area contributed by atoms with Crippen molar-refractivity contribution in [1.29, 1.82) is 0 Å². The van der Waals surface area contributed by atoms with Gasteiger partial charge in [-0.2, -0.15) is 10.1 Å². The Morgan fingerprint density at radius 2 is 2.42 bits per heavy atom. The van der Waals surface area contributed by atoms with E-state index in [9.17, 15) is 0 Å². The summed E-state index contributed by atoms with van der Waals surface area (Å²) in [6.07, 6.45) is 3.88. The lowest BCUT2D eigenvalue weighted by Crippen LogP contribution is -2.24. The fraction of sp³-hybridized carbons (Fsp3) is 0.583. The van der Waals surface area contributed by atoms with Crippen LogP contribution in [0, 0.1) is 0 Å². The average Bonchev–Trinajstić information content (AvgIpc) is 3.18. The van der Waals surface area contributed by atoms with Crippen LogP contribution in [0.3, 0.4) is 0 Å². The maximum absolute atomic E-state index is 5.42. The zero-order chi connectivity index (χ0) is 12.7. The largest absolute Gasteiger partial charge is 0.381 e. The molecular formula is C12H15N5OS. The molecule has 4 rings (SSSR count). The summed E-state index contributed by atoms with van der Waals surface area (Å²) in [5.74, 6) is 2.12. The number of hydrogen-bond donors (Lipinski definition) is 1. The van der Waals surface area contributed by atoms with Crippen LogP contribution < -0.4 is 5.32 Å². The first kappa shape index (κ1) is 11.4. The second-order valence-electron chi connectivity index (χ2n) is 4.90. The van der Waals surface area contributed by atoms with Crippen LogP contribution in [0.25, 0.3) is 0 Å². The van der Waals surface area contributed by atoms with Crippen LogP contribution in [0.5, 0.6) is 0 Å². The van der Waals surface area contributed by atoms with Crippen molar-refractivity contribution >= 4 is 17.3 Å². The number of fused-ring (bicyclic) bond motifs is 1. The molecule has 19 heavy (non-hydrogen) atoms. The lowest BCUT2D eigenvalue weighted by atomic mass is 10.1. The summed E-state index contributed by atoms with van der Waals surface area (Å²) in [5.41, 5.74) is 0. The van der Waals surface area contributed by atoms with Crippen LogP contribution in [0.2, 0.25) is 0 Å². The molecule has 0 bridgehead atoms. The van der Waals surface area contributed by atoms with Crippen LogP contribution in [-0.4, -0.2) is 39.5 Å². The van der Waals surface area contributed by atoms with Crippen molar-refractivity contribution in [1.82, 2.24) is 19.7 Å². The summed E-state index contributed by atoms with van der Waals surface area (Å²) in [6, 6.07) is 0.222. The molecule has 6 nitrogen and oxygen atoms in total. The van der Waals surface area contributed by atoms with Crippen LogP contribution >= 0.6 is 11.3 Å². The van der Waals surface area contributed by atoms with Gasteiger partial charge in [-0.15, -0.1) is 11.3 Å². The van der Waals surface area contributed by atoms with Crippen molar-refractivity contribution in [2.75, 3.05) is 25.1 Å². The van der Waals surface area contributed by atoms with E-state index in [1.54, 1.807) is 11.3 Å². The summed E-state index contributed by atoms with van der Waals surface area (Å²) in [6.45, 7) is 2.48. The van der Waals surface area contributed by atoms with Crippen LogP contribution in [-0.2, 0) is 4.74 Å². The van der Waals surface area contributed by atoms with E-state index in [1.165, 1.54) is 0 Å². The van der Waals surface area contributed by atoms with Gasteiger partial charge in [0.2, 0.25) is 5.95 Å². The predicted octanol–water partition coefficient (Wildman–Crippen LogP) is 1.64. The van der Waals surface area contributed by atoms with Gasteiger partial charge < -0.3 is 10.1 Å². The molecule has 0 aliphatic carbocycles. The van der Waals surface area contributed by atoms with Crippen LogP contribution in [0.15, 0.2) is 11.6 Å². The minimum absolute atomic E-state index is 0.222. The van der Waals surface area contributed by atoms with Crippen molar-refractivity contribution in [2.24, 2.45) is 0 Å². The smallest absolute Gasteiger partial charge is 0.222 e. The highest BCUT2D eigenvalue weighted by molar-refractivity contribution is 7.09. The molecule has 2 atom stereocenters. The van der Waals surface area contributed by atoms with Gasteiger partial charge in [0.05, 0.1) is 6.61 Å². The molecule has 1 fully saturated rings. The molecule has 1 N–H and O–H groups in total. The number of nitrogens with zero attached hydrogens (tertiary/aromatic N) is 4. The Kier molecular flexibility index (Phi) is 2.73. The number of nitrogens with one attached hydrogen (secondary N) is 1. The highest BCUT2D eigenvalue weighted by Crippen LogP contribution is 2.31. The lowest BCUT2D eigenvalue weighted by Gasteiger charge is -2.22. The molecule has 0 aromatic carbocycles. The van der Waals surface area contributed by atoms with E-state index < -0.39 is 0 Å². The Bertz CT molecular complexity index is 561. The van der Waals surface area contributed by atoms with Gasteiger partial charge in [-0.25, -0.2) is 9.67 Å².